The molecule has 1 aliphatic rings. The predicted octanol–water partition coefficient (Wildman–Crippen LogP) is 5.40. The molecule has 0 atom stereocenters. The number of hydrogen-bond acceptors (Lipinski definition) is 4. The van der Waals surface area contributed by atoms with E-state index in [1.54, 1.807) is 11.3 Å². The molecule has 0 spiro atoms. The number of carbonyl (C=O) groups is 1. The Morgan fingerprint density at radius 1 is 1.15 bits per heavy atom. The number of amides is 1. The molecule has 1 aliphatic heterocycles. The number of aromatic nitrogens is 1. The molecule has 0 bridgehead atoms. The number of thiazole rings is 1. The molecule has 1 amide bonds. The summed E-state index contributed by atoms with van der Waals surface area (Å²) >= 11 is 1.68. The van der Waals surface area contributed by atoms with E-state index in [2.05, 4.69) is 17.1 Å². The number of nitrogens with zero attached hydrogens (tertiary/aromatic N) is 2. The number of hydrogen-bond donors (Lipinski definition) is 1. The van der Waals surface area contributed by atoms with E-state index in [9.17, 15) is 4.79 Å². The molecule has 0 radical (unpaired) electrons. The molecule has 1 N–H and O–H groups in total. The number of fused-ring (bicyclic) bond motifs is 1. The van der Waals surface area contributed by atoms with Crippen LogP contribution in [0.3, 0.4) is 0 Å². The average molecular weight is 380 g/mol. The molecule has 27 heavy (non-hydrogen) atoms. The highest BCUT2D eigenvalue weighted by atomic mass is 32.1. The number of carbonyl (C=O) groups excluding carboxylic acids is 1. The number of benzene rings is 2. The second-order valence-corrected chi connectivity index (χ2v) is 8.58. The number of para-hydroxylation sites is 1. The quantitative estimate of drug-likeness (QED) is 0.662. The molecule has 2 aromatic carbocycles. The van der Waals surface area contributed by atoms with E-state index in [1.807, 2.05) is 50.2 Å². The Bertz CT molecular complexity index is 966. The van der Waals surface area contributed by atoms with Crippen LogP contribution in [0.25, 0.3) is 10.2 Å². The Kier molecular flexibility index (Phi) is 4.87. The molecule has 3 aromatic rings. The van der Waals surface area contributed by atoms with Crippen LogP contribution >= 0.6 is 11.3 Å². The fourth-order valence-electron chi connectivity index (χ4n) is 3.59. The van der Waals surface area contributed by atoms with Gasteiger partial charge < -0.3 is 10.2 Å². The molecule has 5 heteroatoms. The zero-order valence-corrected chi connectivity index (χ0v) is 16.9. The Hall–Kier alpha value is -2.40. The first-order valence-electron chi connectivity index (χ1n) is 9.54. The standard InChI is InChI=1S/C22H25N3OS/c1-14-9-11-25(12-10-14)22-23-18-8-7-17(13-19(18)27-22)21(26)24-20-15(2)5-4-6-16(20)3/h4-8,13-14H,9-12H2,1-3H3,(H,24,26). The maximum atomic E-state index is 12.8. The second-order valence-electron chi connectivity index (χ2n) is 7.57. The topological polar surface area (TPSA) is 45.2 Å². The number of anilines is 2. The lowest BCUT2D eigenvalue weighted by Gasteiger charge is -2.29. The summed E-state index contributed by atoms with van der Waals surface area (Å²) in [6, 6.07) is 11.8. The van der Waals surface area contributed by atoms with Crippen LogP contribution in [-0.2, 0) is 0 Å². The maximum Gasteiger partial charge on any atom is 0.255 e. The second kappa shape index (κ2) is 7.31. The Labute approximate surface area is 164 Å². The van der Waals surface area contributed by atoms with Crippen molar-refractivity contribution in [1.82, 2.24) is 4.98 Å². The Balaban J connectivity index is 1.57. The van der Waals surface area contributed by atoms with Crippen molar-refractivity contribution >= 4 is 38.3 Å². The molecule has 0 aliphatic carbocycles. The first-order valence-corrected chi connectivity index (χ1v) is 10.4. The minimum Gasteiger partial charge on any atom is -0.348 e. The average Bonchev–Trinajstić information content (AvgIpc) is 3.08. The van der Waals surface area contributed by atoms with E-state index >= 15 is 0 Å². The molecule has 4 nitrogen and oxygen atoms in total. The Morgan fingerprint density at radius 2 is 1.85 bits per heavy atom. The van der Waals surface area contributed by atoms with E-state index in [4.69, 9.17) is 4.98 Å². The van der Waals surface area contributed by atoms with Crippen LogP contribution in [0, 0.1) is 19.8 Å². The van der Waals surface area contributed by atoms with Gasteiger partial charge in [0.25, 0.3) is 5.91 Å². The monoisotopic (exact) mass is 379 g/mol. The van der Waals surface area contributed by atoms with Crippen molar-refractivity contribution in [3.05, 3.63) is 53.1 Å². The van der Waals surface area contributed by atoms with Gasteiger partial charge in [0.2, 0.25) is 0 Å². The van der Waals surface area contributed by atoms with Gasteiger partial charge in [0, 0.05) is 24.3 Å². The van der Waals surface area contributed by atoms with Crippen molar-refractivity contribution in [2.24, 2.45) is 5.92 Å². The Morgan fingerprint density at radius 3 is 2.56 bits per heavy atom. The maximum absolute atomic E-state index is 12.8. The number of nitrogens with one attached hydrogen (secondary N) is 1. The SMILES string of the molecule is Cc1cccc(C)c1NC(=O)c1ccc2nc(N3CCC(C)CC3)sc2c1. The van der Waals surface area contributed by atoms with Gasteiger partial charge in [0.05, 0.1) is 10.2 Å². The summed E-state index contributed by atoms with van der Waals surface area (Å²) in [4.78, 5) is 19.9. The van der Waals surface area contributed by atoms with E-state index in [-0.39, 0.29) is 5.91 Å². The zero-order valence-electron chi connectivity index (χ0n) is 16.1. The molecular formula is C22H25N3OS. The molecular weight excluding hydrogens is 354 g/mol. The van der Waals surface area contributed by atoms with Crippen molar-refractivity contribution in [3.63, 3.8) is 0 Å². The van der Waals surface area contributed by atoms with Crippen LogP contribution in [0.1, 0.15) is 41.3 Å². The molecule has 0 unspecified atom stereocenters. The largest absolute Gasteiger partial charge is 0.348 e. The smallest absolute Gasteiger partial charge is 0.255 e. The third-order valence-corrected chi connectivity index (χ3v) is 6.49. The lowest BCUT2D eigenvalue weighted by atomic mass is 10.00. The molecule has 1 aromatic heterocycles. The number of piperidine rings is 1. The summed E-state index contributed by atoms with van der Waals surface area (Å²) in [7, 11) is 0. The lowest BCUT2D eigenvalue weighted by Crippen LogP contribution is -2.32. The highest BCUT2D eigenvalue weighted by Crippen LogP contribution is 2.32. The minimum absolute atomic E-state index is 0.0731. The third-order valence-electron chi connectivity index (χ3n) is 5.41. The first kappa shape index (κ1) is 18.0. The summed E-state index contributed by atoms with van der Waals surface area (Å²) in [6.07, 6.45) is 2.44. The van der Waals surface area contributed by atoms with Gasteiger partial charge in [-0.25, -0.2) is 4.98 Å². The van der Waals surface area contributed by atoms with Gasteiger partial charge in [-0.3, -0.25) is 4.79 Å². The van der Waals surface area contributed by atoms with Crippen LogP contribution in [0.15, 0.2) is 36.4 Å². The van der Waals surface area contributed by atoms with Gasteiger partial charge in [0.1, 0.15) is 0 Å². The van der Waals surface area contributed by atoms with Crippen molar-refractivity contribution in [3.8, 4) is 0 Å². The summed E-state index contributed by atoms with van der Waals surface area (Å²) < 4.78 is 1.07. The van der Waals surface area contributed by atoms with Crippen LogP contribution < -0.4 is 10.2 Å². The molecule has 0 saturated carbocycles. The van der Waals surface area contributed by atoms with Crippen LogP contribution in [0.5, 0.6) is 0 Å². The van der Waals surface area contributed by atoms with E-state index in [1.165, 1.54) is 12.8 Å². The van der Waals surface area contributed by atoms with Gasteiger partial charge in [-0.05, 0) is 61.9 Å². The van der Waals surface area contributed by atoms with Crippen LogP contribution in [0.4, 0.5) is 10.8 Å². The minimum atomic E-state index is -0.0731. The normalized spacial score (nSPS) is 15.3. The van der Waals surface area contributed by atoms with Crippen molar-refractivity contribution < 1.29 is 4.79 Å². The van der Waals surface area contributed by atoms with Gasteiger partial charge in [0.15, 0.2) is 5.13 Å². The van der Waals surface area contributed by atoms with Crippen LogP contribution in [-0.4, -0.2) is 24.0 Å². The van der Waals surface area contributed by atoms with E-state index in [0.29, 0.717) is 5.56 Å². The molecule has 4 rings (SSSR count). The number of rotatable bonds is 3. The fourth-order valence-corrected chi connectivity index (χ4v) is 4.64. The number of aryl methyl sites for hydroxylation is 2. The lowest BCUT2D eigenvalue weighted by molar-refractivity contribution is 0.102. The highest BCUT2D eigenvalue weighted by molar-refractivity contribution is 7.22. The fraction of sp³-hybridized carbons (Fsp3) is 0.364. The zero-order chi connectivity index (χ0) is 19.0. The molecule has 1 fully saturated rings. The van der Waals surface area contributed by atoms with E-state index in [0.717, 1.165) is 51.2 Å². The molecule has 140 valence electrons. The third kappa shape index (κ3) is 3.69. The van der Waals surface area contributed by atoms with Crippen molar-refractivity contribution in [1.29, 1.82) is 0 Å². The summed E-state index contributed by atoms with van der Waals surface area (Å²) in [5.41, 5.74) is 4.69. The first-order chi connectivity index (χ1) is 13.0. The van der Waals surface area contributed by atoms with Crippen molar-refractivity contribution in [2.75, 3.05) is 23.3 Å². The highest BCUT2D eigenvalue weighted by Gasteiger charge is 2.19. The molecule has 2 heterocycles. The van der Waals surface area contributed by atoms with Crippen LogP contribution in [0.2, 0.25) is 0 Å². The molecule has 1 saturated heterocycles. The van der Waals surface area contributed by atoms with Gasteiger partial charge in [-0.1, -0.05) is 36.5 Å². The van der Waals surface area contributed by atoms with Gasteiger partial charge in [-0.2, -0.15) is 0 Å². The summed E-state index contributed by atoms with van der Waals surface area (Å²) in [5.74, 6) is 0.729. The van der Waals surface area contributed by atoms with Gasteiger partial charge in [-0.15, -0.1) is 0 Å². The van der Waals surface area contributed by atoms with E-state index < -0.39 is 0 Å². The van der Waals surface area contributed by atoms with Crippen molar-refractivity contribution in [2.45, 2.75) is 33.6 Å². The summed E-state index contributed by atoms with van der Waals surface area (Å²) in [6.45, 7) is 8.49. The van der Waals surface area contributed by atoms with Gasteiger partial charge >= 0.3 is 0 Å². The predicted molar refractivity (Wildman–Crippen MR) is 114 cm³/mol. The summed E-state index contributed by atoms with van der Waals surface area (Å²) in [5, 5.41) is 4.14.